The molecular weight excluding hydrogens is 220 g/mol. The van der Waals surface area contributed by atoms with Crippen LogP contribution in [-0.4, -0.2) is 24.0 Å². The maximum absolute atomic E-state index is 9.25. The van der Waals surface area contributed by atoms with Gasteiger partial charge in [-0.2, -0.15) is 5.26 Å². The third kappa shape index (κ3) is 1.97. The molecule has 0 atom stereocenters. The molecule has 0 radical (unpaired) electrons. The van der Waals surface area contributed by atoms with Crippen molar-refractivity contribution < 1.29 is 0 Å². The Balaban J connectivity index is 1.77. The Bertz CT molecular complexity index is 342. The molecule has 4 fully saturated rings. The van der Waals surface area contributed by atoms with Crippen LogP contribution in [0.3, 0.4) is 0 Å². The van der Waals surface area contributed by atoms with Crippen molar-refractivity contribution in [2.45, 2.75) is 57.9 Å². The minimum absolute atomic E-state index is 0.210. The highest BCUT2D eigenvalue weighted by molar-refractivity contribution is 5.08. The van der Waals surface area contributed by atoms with E-state index in [0.717, 1.165) is 24.3 Å². The van der Waals surface area contributed by atoms with Gasteiger partial charge in [0.2, 0.25) is 0 Å². The van der Waals surface area contributed by atoms with Gasteiger partial charge in [0, 0.05) is 12.1 Å². The average molecular weight is 246 g/mol. The smallest absolute Gasteiger partial charge is 0.0697 e. The van der Waals surface area contributed by atoms with Gasteiger partial charge in [0.25, 0.3) is 0 Å². The fraction of sp³-hybridized carbons (Fsp3) is 0.938. The van der Waals surface area contributed by atoms with Crippen molar-refractivity contribution in [2.75, 3.05) is 13.6 Å². The van der Waals surface area contributed by atoms with Gasteiger partial charge in [0.15, 0.2) is 0 Å². The highest BCUT2D eigenvalue weighted by Gasteiger charge is 2.53. The Kier molecular flexibility index (Phi) is 2.75. The molecule has 0 aliphatic heterocycles. The van der Waals surface area contributed by atoms with E-state index in [9.17, 15) is 5.26 Å². The summed E-state index contributed by atoms with van der Waals surface area (Å²) in [6.45, 7) is 5.07. The molecule has 0 aromatic heterocycles. The summed E-state index contributed by atoms with van der Waals surface area (Å²) in [6.07, 6.45) is 8.68. The summed E-state index contributed by atoms with van der Waals surface area (Å²) in [5.74, 6) is 2.97. The number of nitriles is 1. The monoisotopic (exact) mass is 246 g/mol. The summed E-state index contributed by atoms with van der Waals surface area (Å²) >= 11 is 0. The normalized spacial score (nSPS) is 42.3. The topological polar surface area (TPSA) is 27.0 Å². The number of hydrogen-bond acceptors (Lipinski definition) is 2. The van der Waals surface area contributed by atoms with Gasteiger partial charge in [0.1, 0.15) is 0 Å². The quantitative estimate of drug-likeness (QED) is 0.762. The molecule has 0 aromatic rings. The van der Waals surface area contributed by atoms with Gasteiger partial charge in [-0.1, -0.05) is 0 Å². The fourth-order valence-corrected chi connectivity index (χ4v) is 5.33. The van der Waals surface area contributed by atoms with Crippen molar-refractivity contribution in [3.05, 3.63) is 0 Å². The van der Waals surface area contributed by atoms with Crippen molar-refractivity contribution >= 4 is 0 Å². The van der Waals surface area contributed by atoms with E-state index in [1.165, 1.54) is 38.5 Å². The minimum Gasteiger partial charge on any atom is -0.299 e. The lowest BCUT2D eigenvalue weighted by Crippen LogP contribution is -2.60. The van der Waals surface area contributed by atoms with Crippen LogP contribution in [0.5, 0.6) is 0 Å². The van der Waals surface area contributed by atoms with Crippen LogP contribution >= 0.6 is 0 Å². The molecule has 0 unspecified atom stereocenters. The first-order valence-corrected chi connectivity index (χ1v) is 7.55. The van der Waals surface area contributed by atoms with E-state index in [2.05, 4.69) is 31.9 Å². The van der Waals surface area contributed by atoms with E-state index in [0.29, 0.717) is 5.54 Å². The third-order valence-corrected chi connectivity index (χ3v) is 5.75. The Hall–Kier alpha value is -0.550. The van der Waals surface area contributed by atoms with Crippen molar-refractivity contribution in [3.8, 4) is 6.07 Å². The van der Waals surface area contributed by atoms with E-state index in [1.807, 2.05) is 0 Å². The van der Waals surface area contributed by atoms with Crippen LogP contribution < -0.4 is 0 Å². The lowest BCUT2D eigenvalue weighted by molar-refractivity contribution is -0.0850. The molecule has 0 N–H and O–H groups in total. The number of rotatable bonds is 3. The number of hydrogen-bond donors (Lipinski definition) is 0. The van der Waals surface area contributed by atoms with Gasteiger partial charge in [-0.25, -0.2) is 0 Å². The fourth-order valence-electron chi connectivity index (χ4n) is 5.33. The van der Waals surface area contributed by atoms with Crippen LogP contribution in [0.4, 0.5) is 0 Å². The summed E-state index contributed by atoms with van der Waals surface area (Å²) in [7, 11) is 2.27. The number of nitrogens with zero attached hydrogens (tertiary/aromatic N) is 2. The largest absolute Gasteiger partial charge is 0.299 e. The van der Waals surface area contributed by atoms with Gasteiger partial charge in [-0.15, -0.1) is 0 Å². The maximum atomic E-state index is 9.25. The molecule has 0 spiro atoms. The summed E-state index contributed by atoms with van der Waals surface area (Å²) in [5.41, 5.74) is 0.237. The second-order valence-electron chi connectivity index (χ2n) is 7.99. The molecule has 4 bridgehead atoms. The zero-order valence-electron chi connectivity index (χ0n) is 12.1. The van der Waals surface area contributed by atoms with Crippen LogP contribution in [0.25, 0.3) is 0 Å². The van der Waals surface area contributed by atoms with Gasteiger partial charge < -0.3 is 0 Å². The summed E-state index contributed by atoms with van der Waals surface area (Å²) in [4.78, 5) is 2.56. The molecule has 4 rings (SSSR count). The highest BCUT2D eigenvalue weighted by atomic mass is 15.2. The van der Waals surface area contributed by atoms with Crippen LogP contribution in [0.15, 0.2) is 0 Å². The van der Waals surface area contributed by atoms with Crippen molar-refractivity contribution in [3.63, 3.8) is 0 Å². The molecule has 2 nitrogen and oxygen atoms in total. The van der Waals surface area contributed by atoms with Crippen LogP contribution in [-0.2, 0) is 0 Å². The molecule has 4 saturated carbocycles. The minimum atomic E-state index is -0.210. The third-order valence-electron chi connectivity index (χ3n) is 5.75. The lowest BCUT2D eigenvalue weighted by atomic mass is 9.52. The maximum Gasteiger partial charge on any atom is 0.0697 e. The molecule has 0 saturated heterocycles. The van der Waals surface area contributed by atoms with Crippen LogP contribution in [0, 0.1) is 34.5 Å². The Morgan fingerprint density at radius 1 is 1.11 bits per heavy atom. The van der Waals surface area contributed by atoms with Gasteiger partial charge >= 0.3 is 0 Å². The van der Waals surface area contributed by atoms with E-state index in [1.54, 1.807) is 0 Å². The Labute approximate surface area is 111 Å². The molecule has 2 heteroatoms. The zero-order chi connectivity index (χ0) is 13.0. The van der Waals surface area contributed by atoms with Crippen molar-refractivity contribution in [2.24, 2.45) is 23.2 Å². The standard InChI is InChI=1S/C16H26N2/c1-15(2,10-17)11-18(3)16-7-12-4-13(8-16)6-14(5-12)9-16/h12-14H,4-9,11H2,1-3H3. The van der Waals surface area contributed by atoms with Gasteiger partial charge in [-0.05, 0) is 77.2 Å². The lowest BCUT2D eigenvalue weighted by Gasteiger charge is -2.60. The first-order chi connectivity index (χ1) is 8.42. The van der Waals surface area contributed by atoms with E-state index >= 15 is 0 Å². The van der Waals surface area contributed by atoms with E-state index in [4.69, 9.17) is 0 Å². The summed E-state index contributed by atoms with van der Waals surface area (Å²) < 4.78 is 0. The van der Waals surface area contributed by atoms with Crippen molar-refractivity contribution in [1.82, 2.24) is 4.90 Å². The average Bonchev–Trinajstić information content (AvgIpc) is 2.26. The molecule has 100 valence electrons. The highest BCUT2D eigenvalue weighted by Crippen LogP contribution is 2.57. The summed E-state index contributed by atoms with van der Waals surface area (Å²) in [5, 5.41) is 9.25. The predicted molar refractivity (Wildman–Crippen MR) is 72.9 cm³/mol. The molecular formula is C16H26N2. The first-order valence-electron chi connectivity index (χ1n) is 7.55. The first kappa shape index (κ1) is 12.5. The predicted octanol–water partition coefficient (Wildman–Crippen LogP) is 3.44. The Morgan fingerprint density at radius 3 is 1.94 bits per heavy atom. The summed E-state index contributed by atoms with van der Waals surface area (Å²) in [6, 6.07) is 2.46. The zero-order valence-corrected chi connectivity index (χ0v) is 12.1. The second kappa shape index (κ2) is 3.97. The Morgan fingerprint density at radius 2 is 1.56 bits per heavy atom. The SMILES string of the molecule is CN(CC(C)(C)C#N)C12CC3CC(CC(C3)C1)C2. The van der Waals surface area contributed by atoms with Crippen molar-refractivity contribution in [1.29, 1.82) is 5.26 Å². The van der Waals surface area contributed by atoms with Gasteiger partial charge in [-0.3, -0.25) is 4.90 Å². The molecule has 4 aliphatic carbocycles. The molecule has 18 heavy (non-hydrogen) atoms. The second-order valence-corrected chi connectivity index (χ2v) is 7.99. The van der Waals surface area contributed by atoms with Crippen LogP contribution in [0.2, 0.25) is 0 Å². The molecule has 0 heterocycles. The van der Waals surface area contributed by atoms with Crippen LogP contribution in [0.1, 0.15) is 52.4 Å². The van der Waals surface area contributed by atoms with E-state index < -0.39 is 0 Å². The van der Waals surface area contributed by atoms with E-state index in [-0.39, 0.29) is 5.41 Å². The van der Waals surface area contributed by atoms with Gasteiger partial charge in [0.05, 0.1) is 11.5 Å². The molecule has 0 aromatic carbocycles. The molecule has 0 amide bonds. The molecule has 4 aliphatic rings.